The number of hydrogen-bond acceptors (Lipinski definition) is 2. The van der Waals surface area contributed by atoms with Gasteiger partial charge in [-0.25, -0.2) is 8.78 Å². The molecule has 1 aliphatic heterocycles. The average Bonchev–Trinajstić information content (AvgIpc) is 2.58. The summed E-state index contributed by atoms with van der Waals surface area (Å²) in [6.45, 7) is 0. The first kappa shape index (κ1) is 12.7. The van der Waals surface area contributed by atoms with Gasteiger partial charge < -0.3 is 10.4 Å². The third kappa shape index (κ3) is 3.37. The summed E-state index contributed by atoms with van der Waals surface area (Å²) in [5, 5.41) is 12.0. The Balaban J connectivity index is 1.81. The molecule has 0 aromatic rings. The highest BCUT2D eigenvalue weighted by atomic mass is 19.3. The SMILES string of the molecule is O=C(O)C1CCCC(CC2CCC(F)(F)C2)N1. The summed E-state index contributed by atoms with van der Waals surface area (Å²) in [6, 6.07) is -0.389. The Hall–Kier alpha value is -0.710. The molecule has 1 saturated heterocycles. The zero-order valence-electron chi connectivity index (χ0n) is 9.79. The van der Waals surface area contributed by atoms with Crippen LogP contribution in [0.5, 0.6) is 0 Å². The van der Waals surface area contributed by atoms with Gasteiger partial charge in [-0.1, -0.05) is 0 Å². The van der Waals surface area contributed by atoms with E-state index in [1.807, 2.05) is 0 Å². The quantitative estimate of drug-likeness (QED) is 0.805. The van der Waals surface area contributed by atoms with Crippen LogP contribution in [0.4, 0.5) is 8.78 Å². The second-order valence-corrected chi connectivity index (χ2v) is 5.39. The molecule has 2 N–H and O–H groups in total. The van der Waals surface area contributed by atoms with Crippen LogP contribution in [0.15, 0.2) is 0 Å². The van der Waals surface area contributed by atoms with Crippen molar-refractivity contribution < 1.29 is 18.7 Å². The first-order valence-corrected chi connectivity index (χ1v) is 6.33. The van der Waals surface area contributed by atoms with Crippen molar-refractivity contribution in [1.29, 1.82) is 0 Å². The molecule has 17 heavy (non-hydrogen) atoms. The molecule has 0 bridgehead atoms. The largest absolute Gasteiger partial charge is 0.480 e. The van der Waals surface area contributed by atoms with Crippen molar-refractivity contribution in [1.82, 2.24) is 5.32 Å². The lowest BCUT2D eigenvalue weighted by molar-refractivity contribution is -0.140. The standard InChI is InChI=1S/C12H19F2NO2/c13-12(14)5-4-8(7-12)6-9-2-1-3-10(15-9)11(16)17/h8-10,15H,1-7H2,(H,16,17). The second-order valence-electron chi connectivity index (χ2n) is 5.39. The number of nitrogens with one attached hydrogen (secondary N) is 1. The van der Waals surface area contributed by atoms with E-state index in [-0.39, 0.29) is 24.8 Å². The second kappa shape index (κ2) is 4.88. The molecular formula is C12H19F2NO2. The van der Waals surface area contributed by atoms with Gasteiger partial charge in [-0.3, -0.25) is 4.79 Å². The number of carboxylic acid groups (broad SMARTS) is 1. The zero-order valence-corrected chi connectivity index (χ0v) is 9.79. The lowest BCUT2D eigenvalue weighted by atomic mass is 9.90. The van der Waals surface area contributed by atoms with E-state index in [0.29, 0.717) is 19.3 Å². The van der Waals surface area contributed by atoms with Crippen LogP contribution < -0.4 is 5.32 Å². The molecule has 1 saturated carbocycles. The van der Waals surface area contributed by atoms with Crippen molar-refractivity contribution in [2.75, 3.05) is 0 Å². The Kier molecular flexibility index (Phi) is 3.66. The highest BCUT2D eigenvalue weighted by Gasteiger charge is 2.40. The Labute approximate surface area is 99.6 Å². The van der Waals surface area contributed by atoms with Gasteiger partial charge in [-0.2, -0.15) is 0 Å². The molecule has 98 valence electrons. The Morgan fingerprint density at radius 1 is 1.35 bits per heavy atom. The normalized spacial score (nSPS) is 36.9. The molecule has 3 nitrogen and oxygen atoms in total. The van der Waals surface area contributed by atoms with Gasteiger partial charge in [0.1, 0.15) is 6.04 Å². The van der Waals surface area contributed by atoms with E-state index in [2.05, 4.69) is 5.32 Å². The molecular weight excluding hydrogens is 228 g/mol. The summed E-state index contributed by atoms with van der Waals surface area (Å²) in [5.74, 6) is -3.27. The van der Waals surface area contributed by atoms with E-state index < -0.39 is 17.9 Å². The molecule has 3 atom stereocenters. The minimum Gasteiger partial charge on any atom is -0.480 e. The average molecular weight is 247 g/mol. The summed E-state index contributed by atoms with van der Waals surface area (Å²) in [4.78, 5) is 10.9. The van der Waals surface area contributed by atoms with Crippen molar-refractivity contribution in [2.24, 2.45) is 5.92 Å². The summed E-state index contributed by atoms with van der Waals surface area (Å²) in [7, 11) is 0. The molecule has 1 aliphatic carbocycles. The van der Waals surface area contributed by atoms with Crippen LogP contribution in [0, 0.1) is 5.92 Å². The first-order chi connectivity index (χ1) is 7.96. The maximum Gasteiger partial charge on any atom is 0.320 e. The van der Waals surface area contributed by atoms with E-state index in [1.165, 1.54) is 0 Å². The highest BCUT2D eigenvalue weighted by Crippen LogP contribution is 2.41. The third-order valence-corrected chi connectivity index (χ3v) is 3.90. The summed E-state index contributed by atoms with van der Waals surface area (Å²) < 4.78 is 26.1. The van der Waals surface area contributed by atoms with Gasteiger partial charge in [0.2, 0.25) is 5.92 Å². The van der Waals surface area contributed by atoms with Crippen LogP contribution in [0.2, 0.25) is 0 Å². The van der Waals surface area contributed by atoms with Gasteiger partial charge in [-0.05, 0) is 38.0 Å². The molecule has 2 fully saturated rings. The molecule has 0 radical (unpaired) electrons. The maximum atomic E-state index is 13.0. The molecule has 0 aromatic carbocycles. The van der Waals surface area contributed by atoms with E-state index >= 15 is 0 Å². The van der Waals surface area contributed by atoms with Gasteiger partial charge in [-0.15, -0.1) is 0 Å². The minimum atomic E-state index is -2.49. The number of carbonyl (C=O) groups is 1. The van der Waals surface area contributed by atoms with Gasteiger partial charge in [0.15, 0.2) is 0 Å². The Morgan fingerprint density at radius 3 is 2.71 bits per heavy atom. The van der Waals surface area contributed by atoms with E-state index in [0.717, 1.165) is 12.8 Å². The number of carboxylic acids is 1. The summed E-state index contributed by atoms with van der Waals surface area (Å²) in [5.41, 5.74) is 0. The van der Waals surface area contributed by atoms with Crippen molar-refractivity contribution in [3.8, 4) is 0 Å². The molecule has 0 amide bonds. The van der Waals surface area contributed by atoms with Crippen LogP contribution in [0.25, 0.3) is 0 Å². The fraction of sp³-hybridized carbons (Fsp3) is 0.917. The van der Waals surface area contributed by atoms with E-state index in [9.17, 15) is 13.6 Å². The monoisotopic (exact) mass is 247 g/mol. The smallest absolute Gasteiger partial charge is 0.320 e. The number of hydrogen-bond donors (Lipinski definition) is 2. The first-order valence-electron chi connectivity index (χ1n) is 6.33. The molecule has 3 unspecified atom stereocenters. The summed E-state index contributed by atoms with van der Waals surface area (Å²) in [6.07, 6.45) is 3.66. The molecule has 0 aromatic heterocycles. The van der Waals surface area contributed by atoms with Gasteiger partial charge in [0.25, 0.3) is 0 Å². The number of rotatable bonds is 3. The Morgan fingerprint density at radius 2 is 2.12 bits per heavy atom. The highest BCUT2D eigenvalue weighted by molar-refractivity contribution is 5.73. The van der Waals surface area contributed by atoms with Crippen molar-refractivity contribution in [2.45, 2.75) is 63.0 Å². The number of aliphatic carboxylic acids is 1. The fourth-order valence-electron chi connectivity index (χ4n) is 3.05. The van der Waals surface area contributed by atoms with E-state index in [1.54, 1.807) is 0 Å². The number of alkyl halides is 2. The van der Waals surface area contributed by atoms with Gasteiger partial charge >= 0.3 is 5.97 Å². The van der Waals surface area contributed by atoms with Gasteiger partial charge in [0, 0.05) is 18.9 Å². The predicted molar refractivity (Wildman–Crippen MR) is 59.1 cm³/mol. The lowest BCUT2D eigenvalue weighted by Gasteiger charge is -2.30. The third-order valence-electron chi connectivity index (χ3n) is 3.90. The minimum absolute atomic E-state index is 0.00720. The molecule has 0 spiro atoms. The zero-order chi connectivity index (χ0) is 12.5. The van der Waals surface area contributed by atoms with Crippen LogP contribution >= 0.6 is 0 Å². The molecule has 5 heteroatoms. The Bertz CT molecular complexity index is 296. The van der Waals surface area contributed by atoms with Crippen molar-refractivity contribution in [3.63, 3.8) is 0 Å². The van der Waals surface area contributed by atoms with E-state index in [4.69, 9.17) is 5.11 Å². The fourth-order valence-corrected chi connectivity index (χ4v) is 3.05. The molecule has 2 rings (SSSR count). The van der Waals surface area contributed by atoms with Crippen molar-refractivity contribution >= 4 is 5.97 Å². The topological polar surface area (TPSA) is 49.3 Å². The van der Waals surface area contributed by atoms with Crippen LogP contribution in [-0.2, 0) is 4.79 Å². The van der Waals surface area contributed by atoms with Crippen LogP contribution in [0.3, 0.4) is 0 Å². The number of halogens is 2. The van der Waals surface area contributed by atoms with Gasteiger partial charge in [0.05, 0.1) is 0 Å². The summed E-state index contributed by atoms with van der Waals surface area (Å²) >= 11 is 0. The van der Waals surface area contributed by atoms with Crippen molar-refractivity contribution in [3.05, 3.63) is 0 Å². The molecule has 1 heterocycles. The number of piperidine rings is 1. The lowest BCUT2D eigenvalue weighted by Crippen LogP contribution is -2.47. The maximum absolute atomic E-state index is 13.0. The predicted octanol–water partition coefficient (Wildman–Crippen LogP) is 2.41. The van der Waals surface area contributed by atoms with Crippen LogP contribution in [-0.4, -0.2) is 29.1 Å². The molecule has 2 aliphatic rings. The van der Waals surface area contributed by atoms with Crippen LogP contribution in [0.1, 0.15) is 44.9 Å².